The second-order valence-electron chi connectivity index (χ2n) is 12.2. The number of carbonyl (C=O) groups excluding carboxylic acids is 1. The van der Waals surface area contributed by atoms with Crippen LogP contribution in [-0.2, 0) is 19.5 Å². The SMILES string of the molecule is N=C(N)c1cc(CN2C(=O)N(Cc3cccc(C(=O)O)c3)C3(C[C@@H]3c3ccccc3)[C@H](O)[C@@H](O)[C@H]2Cc2ccccc2)ccc1N. The molecule has 0 aromatic heterocycles. The number of carbonyl (C=O) groups is 2. The number of nitrogen functional groups attached to an aromatic ring is 2. The molecule has 1 unspecified atom stereocenters. The number of hydrogen-bond acceptors (Lipinski definition) is 6. The molecule has 2 fully saturated rings. The van der Waals surface area contributed by atoms with Crippen LogP contribution >= 0.6 is 0 Å². The van der Waals surface area contributed by atoms with Gasteiger partial charge in [-0.3, -0.25) is 5.41 Å². The first-order valence-electron chi connectivity index (χ1n) is 15.2. The Labute approximate surface area is 267 Å². The zero-order valence-electron chi connectivity index (χ0n) is 25.2. The normalized spacial score (nSPS) is 24.1. The van der Waals surface area contributed by atoms with Crippen LogP contribution in [0.25, 0.3) is 0 Å². The summed E-state index contributed by atoms with van der Waals surface area (Å²) in [4.78, 5) is 30.0. The predicted molar refractivity (Wildman–Crippen MR) is 174 cm³/mol. The van der Waals surface area contributed by atoms with E-state index in [9.17, 15) is 20.1 Å². The molecule has 46 heavy (non-hydrogen) atoms. The minimum absolute atomic E-state index is 0.0159. The van der Waals surface area contributed by atoms with Crippen molar-refractivity contribution in [3.05, 3.63) is 137 Å². The maximum atomic E-state index is 15.0. The van der Waals surface area contributed by atoms with Crippen LogP contribution in [0.1, 0.15) is 50.5 Å². The van der Waals surface area contributed by atoms with Crippen LogP contribution in [0.15, 0.2) is 103 Å². The number of amides is 2. The zero-order chi connectivity index (χ0) is 32.6. The van der Waals surface area contributed by atoms with Crippen LogP contribution < -0.4 is 11.5 Å². The summed E-state index contributed by atoms with van der Waals surface area (Å²) in [5, 5.41) is 41.8. The third kappa shape index (κ3) is 5.68. The largest absolute Gasteiger partial charge is 0.478 e. The van der Waals surface area contributed by atoms with Gasteiger partial charge in [-0.15, -0.1) is 0 Å². The van der Waals surface area contributed by atoms with Gasteiger partial charge >= 0.3 is 12.0 Å². The van der Waals surface area contributed by atoms with Crippen LogP contribution in [0.2, 0.25) is 0 Å². The summed E-state index contributed by atoms with van der Waals surface area (Å²) in [6.45, 7) is 0.0560. The standard InChI is InChI=1S/C36H37N5O5/c37-29-15-14-24(17-27(29)33(38)39)20-40-30(18-22-8-3-1-4-9-22)31(42)32(43)36(19-28(36)25-11-5-2-6-12-25)41(35(40)46)21-23-10-7-13-26(16-23)34(44)45/h1-17,28,30-32,42-43H,18-21,37H2,(H3,38,39)(H,44,45)/t28-,30-,31+,32-,36?/m1/s1. The number of urea groups is 1. The Kier molecular flexibility index (Phi) is 8.24. The topological polar surface area (TPSA) is 177 Å². The second kappa shape index (κ2) is 12.3. The van der Waals surface area contributed by atoms with E-state index in [4.69, 9.17) is 16.9 Å². The van der Waals surface area contributed by atoms with Crippen LogP contribution in [0.5, 0.6) is 0 Å². The molecule has 6 rings (SSSR count). The maximum Gasteiger partial charge on any atom is 0.335 e. The number of aliphatic hydroxyl groups is 2. The molecule has 1 heterocycles. The highest BCUT2D eigenvalue weighted by atomic mass is 16.4. The Morgan fingerprint density at radius 2 is 1.52 bits per heavy atom. The first-order chi connectivity index (χ1) is 22.1. The highest BCUT2D eigenvalue weighted by Crippen LogP contribution is 2.60. The molecule has 5 atom stereocenters. The molecule has 10 nitrogen and oxygen atoms in total. The Bertz CT molecular complexity index is 1770. The Balaban J connectivity index is 1.48. The lowest BCUT2D eigenvalue weighted by molar-refractivity contribution is -0.0502. The molecular formula is C36H37N5O5. The summed E-state index contributed by atoms with van der Waals surface area (Å²) in [6.07, 6.45) is -1.95. The number of hydrogen-bond donors (Lipinski definition) is 6. The van der Waals surface area contributed by atoms with Gasteiger partial charge in [-0.25, -0.2) is 9.59 Å². The van der Waals surface area contributed by atoms with Crippen molar-refractivity contribution in [2.45, 2.75) is 55.6 Å². The fourth-order valence-electron chi connectivity index (χ4n) is 6.91. The third-order valence-corrected chi connectivity index (χ3v) is 9.35. The smallest absolute Gasteiger partial charge is 0.335 e. The van der Waals surface area contributed by atoms with Crippen molar-refractivity contribution in [3.63, 3.8) is 0 Å². The van der Waals surface area contributed by atoms with Gasteiger partial charge in [-0.1, -0.05) is 78.9 Å². The van der Waals surface area contributed by atoms with E-state index in [1.807, 2.05) is 60.7 Å². The van der Waals surface area contributed by atoms with Crippen LogP contribution in [0.3, 0.4) is 0 Å². The summed E-state index contributed by atoms with van der Waals surface area (Å²) in [7, 11) is 0. The molecule has 1 saturated carbocycles. The van der Waals surface area contributed by atoms with E-state index in [2.05, 4.69) is 0 Å². The van der Waals surface area contributed by atoms with Gasteiger partial charge in [0.25, 0.3) is 0 Å². The van der Waals surface area contributed by atoms with Gasteiger partial charge in [0.05, 0.1) is 17.1 Å². The van der Waals surface area contributed by atoms with Crippen LogP contribution in [0.4, 0.5) is 10.5 Å². The van der Waals surface area contributed by atoms with Crippen molar-refractivity contribution in [2.75, 3.05) is 5.73 Å². The number of benzene rings is 4. The van der Waals surface area contributed by atoms with E-state index >= 15 is 4.79 Å². The first-order valence-corrected chi connectivity index (χ1v) is 15.2. The van der Waals surface area contributed by atoms with E-state index in [0.717, 1.165) is 11.1 Å². The molecule has 2 amide bonds. The summed E-state index contributed by atoms with van der Waals surface area (Å²) in [6, 6.07) is 29.3. The average molecular weight is 620 g/mol. The molecule has 0 radical (unpaired) electrons. The van der Waals surface area contributed by atoms with Gasteiger partial charge < -0.3 is 36.6 Å². The number of carboxylic acid groups (broad SMARTS) is 1. The van der Waals surface area contributed by atoms with Crippen molar-refractivity contribution < 1.29 is 24.9 Å². The highest BCUT2D eigenvalue weighted by molar-refractivity contribution is 6.00. The number of aromatic carboxylic acids is 1. The lowest BCUT2D eigenvalue weighted by atomic mass is 9.90. The molecular weight excluding hydrogens is 582 g/mol. The van der Waals surface area contributed by atoms with Gasteiger partial charge in [0.1, 0.15) is 18.0 Å². The van der Waals surface area contributed by atoms with Gasteiger partial charge in [0, 0.05) is 30.3 Å². The fraction of sp³-hybridized carbons (Fsp3) is 0.250. The third-order valence-electron chi connectivity index (χ3n) is 9.35. The van der Waals surface area contributed by atoms with E-state index in [-0.39, 0.29) is 36.8 Å². The van der Waals surface area contributed by atoms with E-state index in [1.54, 1.807) is 40.1 Å². The highest BCUT2D eigenvalue weighted by Gasteiger charge is 2.68. The van der Waals surface area contributed by atoms with Crippen molar-refractivity contribution in [3.8, 4) is 0 Å². The Hall–Kier alpha value is -5.19. The molecule has 1 saturated heterocycles. The summed E-state index contributed by atoms with van der Waals surface area (Å²) in [5.41, 5.74) is 14.5. The number of nitrogens with two attached hydrogens (primary N) is 2. The fourth-order valence-corrected chi connectivity index (χ4v) is 6.91. The summed E-state index contributed by atoms with van der Waals surface area (Å²) < 4.78 is 0. The van der Waals surface area contributed by atoms with Gasteiger partial charge in [0.15, 0.2) is 0 Å². The number of nitrogens with zero attached hydrogens (tertiary/aromatic N) is 2. The van der Waals surface area contributed by atoms with Crippen molar-refractivity contribution in [1.29, 1.82) is 5.41 Å². The number of nitrogens with one attached hydrogen (secondary N) is 1. The number of aliphatic hydroxyl groups excluding tert-OH is 2. The Morgan fingerprint density at radius 3 is 2.20 bits per heavy atom. The van der Waals surface area contributed by atoms with E-state index in [0.29, 0.717) is 28.8 Å². The van der Waals surface area contributed by atoms with Crippen molar-refractivity contribution in [1.82, 2.24) is 9.80 Å². The molecule has 0 bridgehead atoms. The number of rotatable bonds is 9. The molecule has 8 N–H and O–H groups in total. The van der Waals surface area contributed by atoms with Crippen molar-refractivity contribution in [2.24, 2.45) is 5.73 Å². The quantitative estimate of drug-likeness (QED) is 0.0933. The van der Waals surface area contributed by atoms with Gasteiger partial charge in [0.2, 0.25) is 0 Å². The second-order valence-corrected chi connectivity index (χ2v) is 12.2. The molecule has 1 aliphatic carbocycles. The molecule has 2 aliphatic rings. The lowest BCUT2D eigenvalue weighted by Gasteiger charge is -2.37. The summed E-state index contributed by atoms with van der Waals surface area (Å²) >= 11 is 0. The molecule has 1 spiro atoms. The Morgan fingerprint density at radius 1 is 0.870 bits per heavy atom. The molecule has 4 aromatic rings. The minimum atomic E-state index is -1.32. The minimum Gasteiger partial charge on any atom is -0.478 e. The van der Waals surface area contributed by atoms with Crippen LogP contribution in [0, 0.1) is 5.41 Å². The van der Waals surface area contributed by atoms with Gasteiger partial charge in [-0.2, -0.15) is 0 Å². The first kappa shape index (κ1) is 30.8. The summed E-state index contributed by atoms with van der Waals surface area (Å²) in [5.74, 6) is -1.56. The van der Waals surface area contributed by atoms with Crippen LogP contribution in [-0.4, -0.2) is 66.7 Å². The molecule has 236 valence electrons. The van der Waals surface area contributed by atoms with E-state index in [1.165, 1.54) is 12.1 Å². The average Bonchev–Trinajstić information content (AvgIpc) is 3.82. The van der Waals surface area contributed by atoms with Crippen molar-refractivity contribution >= 4 is 23.5 Å². The molecule has 10 heteroatoms. The predicted octanol–water partition coefficient (Wildman–Crippen LogP) is 3.95. The molecule has 4 aromatic carbocycles. The lowest BCUT2D eigenvalue weighted by Crippen LogP contribution is -2.52. The number of anilines is 1. The molecule has 1 aliphatic heterocycles. The zero-order valence-corrected chi connectivity index (χ0v) is 25.2. The number of amidine groups is 1. The number of carboxylic acids is 1. The van der Waals surface area contributed by atoms with E-state index < -0.39 is 35.8 Å². The monoisotopic (exact) mass is 619 g/mol. The van der Waals surface area contributed by atoms with Gasteiger partial charge in [-0.05, 0) is 59.4 Å². The maximum absolute atomic E-state index is 15.0.